The number of carboxylic acids is 1. The molecule has 6 nitrogen and oxygen atoms in total. The van der Waals surface area contributed by atoms with Crippen molar-refractivity contribution in [2.24, 2.45) is 7.05 Å². The van der Waals surface area contributed by atoms with Gasteiger partial charge in [-0.05, 0) is 12.5 Å². The lowest BCUT2D eigenvalue weighted by molar-refractivity contribution is -0.138. The third kappa shape index (κ3) is 2.83. The number of pyridine rings is 1. The first-order valence-corrected chi connectivity index (χ1v) is 6.39. The zero-order valence-corrected chi connectivity index (χ0v) is 11.1. The molecule has 0 radical (unpaired) electrons. The van der Waals surface area contributed by atoms with E-state index in [0.717, 1.165) is 29.6 Å². The van der Waals surface area contributed by atoms with E-state index < -0.39 is 12.0 Å². The van der Waals surface area contributed by atoms with Crippen LogP contribution in [0.4, 0.5) is 5.69 Å². The summed E-state index contributed by atoms with van der Waals surface area (Å²) in [5.41, 5.74) is 1.51. The molecule has 19 heavy (non-hydrogen) atoms. The van der Waals surface area contributed by atoms with Gasteiger partial charge in [0.05, 0.1) is 11.6 Å². The highest BCUT2D eigenvalue weighted by Crippen LogP contribution is 2.22. The van der Waals surface area contributed by atoms with Crippen LogP contribution in [-0.4, -0.2) is 31.9 Å². The highest BCUT2D eigenvalue weighted by molar-refractivity contribution is 5.90. The van der Waals surface area contributed by atoms with Gasteiger partial charge in [-0.15, -0.1) is 0 Å². The minimum atomic E-state index is -0.831. The zero-order valence-electron chi connectivity index (χ0n) is 11.1. The summed E-state index contributed by atoms with van der Waals surface area (Å²) < 4.78 is 1.67. The number of fused-ring (bicyclic) bond motifs is 1. The van der Waals surface area contributed by atoms with Crippen LogP contribution in [0, 0.1) is 0 Å². The van der Waals surface area contributed by atoms with Gasteiger partial charge in [-0.25, -0.2) is 9.78 Å². The van der Waals surface area contributed by atoms with Crippen LogP contribution in [-0.2, 0) is 11.8 Å². The Labute approximate surface area is 111 Å². The molecule has 0 aliphatic rings. The molecule has 2 rings (SSSR count). The SMILES string of the molecule is CCCCC(Nc1ccnc2c1cnn2C)C(=O)O. The fourth-order valence-corrected chi connectivity index (χ4v) is 2.03. The lowest BCUT2D eigenvalue weighted by atomic mass is 10.1. The lowest BCUT2D eigenvalue weighted by Crippen LogP contribution is -2.29. The first-order chi connectivity index (χ1) is 9.13. The van der Waals surface area contributed by atoms with Gasteiger partial charge in [-0.2, -0.15) is 5.10 Å². The number of hydrogen-bond donors (Lipinski definition) is 2. The molecular formula is C13H18N4O2. The monoisotopic (exact) mass is 262 g/mol. The molecule has 0 spiro atoms. The first-order valence-electron chi connectivity index (χ1n) is 6.39. The maximum atomic E-state index is 11.3. The number of hydrogen-bond acceptors (Lipinski definition) is 4. The summed E-state index contributed by atoms with van der Waals surface area (Å²) in [6.07, 6.45) is 5.82. The third-order valence-electron chi connectivity index (χ3n) is 3.11. The molecule has 2 heterocycles. The maximum Gasteiger partial charge on any atom is 0.326 e. The van der Waals surface area contributed by atoms with Crippen molar-refractivity contribution < 1.29 is 9.90 Å². The summed E-state index contributed by atoms with van der Waals surface area (Å²) >= 11 is 0. The van der Waals surface area contributed by atoms with Crippen LogP contribution in [0.2, 0.25) is 0 Å². The van der Waals surface area contributed by atoms with Crippen LogP contribution >= 0.6 is 0 Å². The number of aromatic nitrogens is 3. The predicted molar refractivity (Wildman–Crippen MR) is 73.1 cm³/mol. The molecule has 0 aliphatic carbocycles. The molecule has 0 saturated carbocycles. The summed E-state index contributed by atoms with van der Waals surface area (Å²) in [6, 6.07) is 1.21. The van der Waals surface area contributed by atoms with Crippen molar-refractivity contribution in [3.63, 3.8) is 0 Å². The van der Waals surface area contributed by atoms with Gasteiger partial charge in [-0.3, -0.25) is 4.68 Å². The highest BCUT2D eigenvalue weighted by atomic mass is 16.4. The number of anilines is 1. The van der Waals surface area contributed by atoms with Gasteiger partial charge in [-0.1, -0.05) is 19.8 Å². The molecule has 0 saturated heterocycles. The number of unbranched alkanes of at least 4 members (excludes halogenated alkanes) is 1. The first kappa shape index (κ1) is 13.3. The van der Waals surface area contributed by atoms with E-state index in [0.29, 0.717) is 6.42 Å². The second kappa shape index (κ2) is 5.69. The molecule has 0 aliphatic heterocycles. The molecule has 102 valence electrons. The molecule has 2 aromatic rings. The van der Waals surface area contributed by atoms with Crippen molar-refractivity contribution in [3.05, 3.63) is 18.5 Å². The summed E-state index contributed by atoms with van der Waals surface area (Å²) in [5, 5.41) is 17.3. The van der Waals surface area contributed by atoms with Gasteiger partial charge in [0.2, 0.25) is 0 Å². The number of nitrogens with one attached hydrogen (secondary N) is 1. The molecule has 2 N–H and O–H groups in total. The van der Waals surface area contributed by atoms with E-state index in [2.05, 4.69) is 15.4 Å². The van der Waals surface area contributed by atoms with Crippen LogP contribution in [0.15, 0.2) is 18.5 Å². The number of carboxylic acid groups (broad SMARTS) is 1. The van der Waals surface area contributed by atoms with Gasteiger partial charge in [0.15, 0.2) is 5.65 Å². The Bertz CT molecular complexity index is 579. The highest BCUT2D eigenvalue weighted by Gasteiger charge is 2.18. The molecule has 0 fully saturated rings. The largest absolute Gasteiger partial charge is 0.480 e. The quantitative estimate of drug-likeness (QED) is 0.832. The van der Waals surface area contributed by atoms with Crippen molar-refractivity contribution in [1.29, 1.82) is 0 Å². The van der Waals surface area contributed by atoms with Crippen molar-refractivity contribution in [2.45, 2.75) is 32.2 Å². The Morgan fingerprint density at radius 2 is 2.37 bits per heavy atom. The molecule has 6 heteroatoms. The van der Waals surface area contributed by atoms with Crippen LogP contribution in [0.5, 0.6) is 0 Å². The number of aliphatic carboxylic acids is 1. The molecule has 0 aromatic carbocycles. The van der Waals surface area contributed by atoms with Crippen LogP contribution in [0.3, 0.4) is 0 Å². The number of aryl methyl sites for hydroxylation is 1. The average molecular weight is 262 g/mol. The molecule has 0 bridgehead atoms. The minimum Gasteiger partial charge on any atom is -0.480 e. The lowest BCUT2D eigenvalue weighted by Gasteiger charge is -2.15. The Kier molecular flexibility index (Phi) is 3.99. The Morgan fingerprint density at radius 1 is 1.58 bits per heavy atom. The van der Waals surface area contributed by atoms with E-state index in [1.807, 2.05) is 14.0 Å². The number of carbonyl (C=O) groups is 1. The fourth-order valence-electron chi connectivity index (χ4n) is 2.03. The van der Waals surface area contributed by atoms with Crippen molar-refractivity contribution in [3.8, 4) is 0 Å². The van der Waals surface area contributed by atoms with Crippen molar-refractivity contribution in [1.82, 2.24) is 14.8 Å². The summed E-state index contributed by atoms with van der Waals surface area (Å²) in [6.45, 7) is 2.05. The van der Waals surface area contributed by atoms with Crippen molar-refractivity contribution >= 4 is 22.7 Å². The van der Waals surface area contributed by atoms with E-state index in [1.165, 1.54) is 0 Å². The van der Waals surface area contributed by atoms with E-state index >= 15 is 0 Å². The van der Waals surface area contributed by atoms with Crippen LogP contribution < -0.4 is 5.32 Å². The summed E-state index contributed by atoms with van der Waals surface area (Å²) in [5.74, 6) is -0.831. The predicted octanol–water partition coefficient (Wildman–Crippen LogP) is 2.02. The molecular weight excluding hydrogens is 244 g/mol. The molecule has 2 aromatic heterocycles. The van der Waals surface area contributed by atoms with E-state index in [1.54, 1.807) is 23.1 Å². The molecule has 0 amide bonds. The van der Waals surface area contributed by atoms with E-state index in [4.69, 9.17) is 0 Å². The normalized spacial score (nSPS) is 12.5. The minimum absolute atomic E-state index is 0.578. The zero-order chi connectivity index (χ0) is 13.8. The Hall–Kier alpha value is -2.11. The smallest absolute Gasteiger partial charge is 0.326 e. The topological polar surface area (TPSA) is 80.0 Å². The van der Waals surface area contributed by atoms with Gasteiger partial charge >= 0.3 is 5.97 Å². The fraction of sp³-hybridized carbons (Fsp3) is 0.462. The summed E-state index contributed by atoms with van der Waals surface area (Å²) in [7, 11) is 1.81. The van der Waals surface area contributed by atoms with E-state index in [-0.39, 0.29) is 0 Å². The van der Waals surface area contributed by atoms with Crippen LogP contribution in [0.1, 0.15) is 26.2 Å². The average Bonchev–Trinajstić information content (AvgIpc) is 2.77. The van der Waals surface area contributed by atoms with Gasteiger partial charge in [0.25, 0.3) is 0 Å². The Morgan fingerprint density at radius 3 is 3.05 bits per heavy atom. The van der Waals surface area contributed by atoms with Crippen molar-refractivity contribution in [2.75, 3.05) is 5.32 Å². The van der Waals surface area contributed by atoms with E-state index in [9.17, 15) is 9.90 Å². The third-order valence-corrected chi connectivity index (χ3v) is 3.11. The van der Waals surface area contributed by atoms with Gasteiger partial charge in [0.1, 0.15) is 6.04 Å². The van der Waals surface area contributed by atoms with Crippen LogP contribution in [0.25, 0.3) is 11.0 Å². The number of rotatable bonds is 6. The maximum absolute atomic E-state index is 11.3. The second-order valence-corrected chi connectivity index (χ2v) is 4.54. The van der Waals surface area contributed by atoms with Gasteiger partial charge in [0, 0.05) is 18.9 Å². The Balaban J connectivity index is 2.26. The molecule has 1 unspecified atom stereocenters. The van der Waals surface area contributed by atoms with Gasteiger partial charge < -0.3 is 10.4 Å². The second-order valence-electron chi connectivity index (χ2n) is 4.54. The number of nitrogens with zero attached hydrogens (tertiary/aromatic N) is 3. The molecule has 1 atom stereocenters. The standard InChI is InChI=1S/C13H18N4O2/c1-3-4-5-11(13(18)19)16-10-6-7-14-12-9(10)8-15-17(12)2/h6-8,11H,3-5H2,1-2H3,(H,14,16)(H,18,19). The summed E-state index contributed by atoms with van der Waals surface area (Å²) in [4.78, 5) is 15.5.